The summed E-state index contributed by atoms with van der Waals surface area (Å²) in [6.45, 7) is 1.42. The average Bonchev–Trinajstić information content (AvgIpc) is 3.30. The number of amides is 1. The standard InChI is InChI=1S/C23H27Cl2NO6/c1-28-19-8-14(9-20(29-2)22(19)31-4)12-26(13-16-6-5-7-32-16)23(27)15-10-17(24)21(30-3)18(25)11-15/h8-11,16H,5-7,12-13H2,1-4H3. The molecule has 1 heterocycles. The van der Waals surface area contributed by atoms with Crippen LogP contribution in [-0.2, 0) is 11.3 Å². The highest BCUT2D eigenvalue weighted by atomic mass is 35.5. The van der Waals surface area contributed by atoms with Crippen molar-refractivity contribution in [2.24, 2.45) is 0 Å². The molecule has 0 saturated carbocycles. The zero-order valence-electron chi connectivity index (χ0n) is 18.6. The van der Waals surface area contributed by atoms with Crippen LogP contribution in [0.5, 0.6) is 23.0 Å². The first-order valence-corrected chi connectivity index (χ1v) is 10.9. The van der Waals surface area contributed by atoms with Gasteiger partial charge in [0.25, 0.3) is 5.91 Å². The highest BCUT2D eigenvalue weighted by molar-refractivity contribution is 6.37. The molecule has 174 valence electrons. The quantitative estimate of drug-likeness (QED) is 0.507. The minimum absolute atomic E-state index is 0.0369. The van der Waals surface area contributed by atoms with Gasteiger partial charge in [-0.2, -0.15) is 0 Å². The lowest BCUT2D eigenvalue weighted by atomic mass is 10.1. The molecule has 1 unspecified atom stereocenters. The molecule has 1 saturated heterocycles. The van der Waals surface area contributed by atoms with Gasteiger partial charge in [0.1, 0.15) is 0 Å². The number of rotatable bonds is 9. The molecule has 1 aliphatic rings. The summed E-state index contributed by atoms with van der Waals surface area (Å²) in [5, 5.41) is 0.543. The van der Waals surface area contributed by atoms with Crippen LogP contribution in [0.15, 0.2) is 24.3 Å². The molecule has 1 amide bonds. The molecule has 0 N–H and O–H groups in total. The number of benzene rings is 2. The smallest absolute Gasteiger partial charge is 0.254 e. The molecule has 9 heteroatoms. The van der Waals surface area contributed by atoms with Gasteiger partial charge in [-0.1, -0.05) is 23.2 Å². The summed E-state index contributed by atoms with van der Waals surface area (Å²) in [5.41, 5.74) is 1.18. The van der Waals surface area contributed by atoms with Crippen molar-refractivity contribution in [3.8, 4) is 23.0 Å². The summed E-state index contributed by atoms with van der Waals surface area (Å²) in [6.07, 6.45) is 1.82. The maximum absolute atomic E-state index is 13.5. The molecular weight excluding hydrogens is 457 g/mol. The van der Waals surface area contributed by atoms with Gasteiger partial charge in [-0.25, -0.2) is 0 Å². The monoisotopic (exact) mass is 483 g/mol. The van der Waals surface area contributed by atoms with Crippen LogP contribution >= 0.6 is 23.2 Å². The summed E-state index contributed by atoms with van der Waals surface area (Å²) >= 11 is 12.5. The van der Waals surface area contributed by atoms with E-state index < -0.39 is 0 Å². The summed E-state index contributed by atoms with van der Waals surface area (Å²) in [7, 11) is 6.13. The normalized spacial score (nSPS) is 15.4. The molecule has 2 aromatic rings. The third kappa shape index (κ3) is 5.34. The van der Waals surface area contributed by atoms with Gasteiger partial charge < -0.3 is 28.6 Å². The van der Waals surface area contributed by atoms with Gasteiger partial charge in [0.05, 0.1) is 44.6 Å². The van der Waals surface area contributed by atoms with E-state index in [-0.39, 0.29) is 22.1 Å². The van der Waals surface area contributed by atoms with E-state index in [1.54, 1.807) is 38.4 Å². The van der Waals surface area contributed by atoms with Gasteiger partial charge in [-0.05, 0) is 42.7 Å². The van der Waals surface area contributed by atoms with Crippen LogP contribution in [0.2, 0.25) is 10.0 Å². The Morgan fingerprint density at radius 3 is 2.03 bits per heavy atom. The number of halogens is 2. The first-order valence-electron chi connectivity index (χ1n) is 10.1. The number of hydrogen-bond donors (Lipinski definition) is 0. The Kier molecular flexibility index (Phi) is 8.34. The number of nitrogens with zero attached hydrogens (tertiary/aromatic N) is 1. The topological polar surface area (TPSA) is 66.5 Å². The van der Waals surface area contributed by atoms with E-state index in [1.165, 1.54) is 7.11 Å². The maximum atomic E-state index is 13.5. The highest BCUT2D eigenvalue weighted by Crippen LogP contribution is 2.39. The minimum Gasteiger partial charge on any atom is -0.494 e. The van der Waals surface area contributed by atoms with Gasteiger partial charge >= 0.3 is 0 Å². The van der Waals surface area contributed by atoms with E-state index in [1.807, 2.05) is 12.1 Å². The van der Waals surface area contributed by atoms with Crippen LogP contribution < -0.4 is 18.9 Å². The Bertz CT molecular complexity index is 913. The molecule has 0 bridgehead atoms. The summed E-state index contributed by atoms with van der Waals surface area (Å²) in [5.74, 6) is 1.63. The van der Waals surface area contributed by atoms with E-state index in [0.717, 1.165) is 18.4 Å². The Balaban J connectivity index is 1.95. The Morgan fingerprint density at radius 1 is 0.969 bits per heavy atom. The molecule has 0 aromatic heterocycles. The second-order valence-corrected chi connectivity index (χ2v) is 8.14. The second-order valence-electron chi connectivity index (χ2n) is 7.33. The number of methoxy groups -OCH3 is 4. The van der Waals surface area contributed by atoms with Crippen molar-refractivity contribution in [2.45, 2.75) is 25.5 Å². The van der Waals surface area contributed by atoms with Gasteiger partial charge in [-0.15, -0.1) is 0 Å². The molecule has 7 nitrogen and oxygen atoms in total. The first-order chi connectivity index (χ1) is 15.4. The molecule has 1 aliphatic heterocycles. The van der Waals surface area contributed by atoms with Gasteiger partial charge in [-0.3, -0.25) is 4.79 Å². The van der Waals surface area contributed by atoms with Crippen LogP contribution in [0.3, 0.4) is 0 Å². The Hall–Kier alpha value is -2.35. The molecule has 1 fully saturated rings. The van der Waals surface area contributed by atoms with E-state index >= 15 is 0 Å². The van der Waals surface area contributed by atoms with Crippen LogP contribution in [0, 0.1) is 0 Å². The number of ether oxygens (including phenoxy) is 5. The van der Waals surface area contributed by atoms with Crippen LogP contribution in [0.25, 0.3) is 0 Å². The summed E-state index contributed by atoms with van der Waals surface area (Å²) < 4.78 is 27.3. The molecule has 0 aliphatic carbocycles. The molecule has 2 aromatic carbocycles. The first kappa shape index (κ1) is 24.3. The maximum Gasteiger partial charge on any atom is 0.254 e. The van der Waals surface area contributed by atoms with Crippen molar-refractivity contribution >= 4 is 29.1 Å². The van der Waals surface area contributed by atoms with Gasteiger partial charge in [0, 0.05) is 25.3 Å². The Labute approximate surface area is 198 Å². The minimum atomic E-state index is -0.222. The lowest BCUT2D eigenvalue weighted by Crippen LogP contribution is -2.37. The van der Waals surface area contributed by atoms with Crippen molar-refractivity contribution < 1.29 is 28.5 Å². The molecule has 32 heavy (non-hydrogen) atoms. The number of carbonyl (C=O) groups is 1. The molecule has 0 radical (unpaired) electrons. The predicted molar refractivity (Wildman–Crippen MR) is 123 cm³/mol. The molecular formula is C23H27Cl2NO6. The fraction of sp³-hybridized carbons (Fsp3) is 0.435. The zero-order valence-corrected chi connectivity index (χ0v) is 20.1. The van der Waals surface area contributed by atoms with Crippen LogP contribution in [0.1, 0.15) is 28.8 Å². The fourth-order valence-corrected chi connectivity index (χ4v) is 4.40. The second kappa shape index (κ2) is 11.0. The van der Waals surface area contributed by atoms with E-state index in [2.05, 4.69) is 0 Å². The van der Waals surface area contributed by atoms with Crippen molar-refractivity contribution in [1.82, 2.24) is 4.90 Å². The van der Waals surface area contributed by atoms with Crippen LogP contribution in [0.4, 0.5) is 0 Å². The zero-order chi connectivity index (χ0) is 23.3. The number of carbonyl (C=O) groups excluding carboxylic acids is 1. The van der Waals surface area contributed by atoms with Crippen molar-refractivity contribution in [3.05, 3.63) is 45.4 Å². The van der Waals surface area contributed by atoms with E-state index in [9.17, 15) is 4.79 Å². The third-order valence-corrected chi connectivity index (χ3v) is 5.84. The third-order valence-electron chi connectivity index (χ3n) is 5.28. The molecule has 3 rings (SSSR count). The van der Waals surface area contributed by atoms with Crippen molar-refractivity contribution in [2.75, 3.05) is 41.6 Å². The highest BCUT2D eigenvalue weighted by Gasteiger charge is 2.26. The average molecular weight is 484 g/mol. The van der Waals surface area contributed by atoms with Crippen molar-refractivity contribution in [3.63, 3.8) is 0 Å². The fourth-order valence-electron chi connectivity index (χ4n) is 3.76. The molecule has 0 spiro atoms. The van der Waals surface area contributed by atoms with Crippen molar-refractivity contribution in [1.29, 1.82) is 0 Å². The van der Waals surface area contributed by atoms with E-state index in [0.29, 0.717) is 48.3 Å². The lowest BCUT2D eigenvalue weighted by molar-refractivity contribution is 0.0507. The van der Waals surface area contributed by atoms with Gasteiger partial charge in [0.15, 0.2) is 17.2 Å². The van der Waals surface area contributed by atoms with E-state index in [4.69, 9.17) is 46.9 Å². The SMILES string of the molecule is COc1cc(CN(CC2CCCO2)C(=O)c2cc(Cl)c(OC)c(Cl)c2)cc(OC)c1OC. The Morgan fingerprint density at radius 2 is 1.56 bits per heavy atom. The lowest BCUT2D eigenvalue weighted by Gasteiger charge is -2.26. The molecule has 1 atom stereocenters. The predicted octanol–water partition coefficient (Wildman–Crippen LogP) is 4.85. The van der Waals surface area contributed by atoms with Crippen LogP contribution in [-0.4, -0.2) is 58.5 Å². The van der Waals surface area contributed by atoms with Gasteiger partial charge in [0.2, 0.25) is 5.75 Å². The summed E-state index contributed by atoms with van der Waals surface area (Å²) in [4.78, 5) is 15.2. The largest absolute Gasteiger partial charge is 0.494 e. The summed E-state index contributed by atoms with van der Waals surface area (Å²) in [6, 6.07) is 6.77. The number of hydrogen-bond acceptors (Lipinski definition) is 6.